The van der Waals surface area contributed by atoms with Crippen molar-refractivity contribution in [2.24, 2.45) is 0 Å². The predicted octanol–water partition coefficient (Wildman–Crippen LogP) is 4.92. The van der Waals surface area contributed by atoms with Crippen molar-refractivity contribution in [3.8, 4) is 5.69 Å². The molecule has 1 aromatic heterocycles. The molecule has 29 heavy (non-hydrogen) atoms. The molecule has 2 aromatic carbocycles. The smallest absolute Gasteiger partial charge is 0.408 e. The number of amides is 1. The normalized spacial score (nSPS) is 12.7. The van der Waals surface area contributed by atoms with Crippen molar-refractivity contribution in [3.63, 3.8) is 0 Å². The number of carbonyl (C=O) groups is 1. The topological polar surface area (TPSA) is 75.4 Å². The van der Waals surface area contributed by atoms with Crippen LogP contribution in [0.2, 0.25) is 0 Å². The lowest BCUT2D eigenvalue weighted by Gasteiger charge is -2.39. The van der Waals surface area contributed by atoms with Crippen LogP contribution in [0.25, 0.3) is 16.6 Å². The average molecular weight is 393 g/mol. The second-order valence-electron chi connectivity index (χ2n) is 8.16. The average Bonchev–Trinajstić information content (AvgIpc) is 2.65. The first-order valence-corrected chi connectivity index (χ1v) is 9.76. The van der Waals surface area contributed by atoms with E-state index in [1.807, 2.05) is 77.1 Å². The fourth-order valence-electron chi connectivity index (χ4n) is 3.83. The van der Waals surface area contributed by atoms with Crippen LogP contribution in [0.1, 0.15) is 51.5 Å². The third-order valence-electron chi connectivity index (χ3n) is 5.07. The van der Waals surface area contributed by atoms with Crippen LogP contribution in [0, 0.1) is 6.92 Å². The summed E-state index contributed by atoms with van der Waals surface area (Å²) in [4.78, 5) is 32.0. The third kappa shape index (κ3) is 3.75. The summed E-state index contributed by atoms with van der Waals surface area (Å²) < 4.78 is 1.56. The summed E-state index contributed by atoms with van der Waals surface area (Å²) in [5, 5.41) is 10.5. The van der Waals surface area contributed by atoms with Gasteiger partial charge in [0.2, 0.25) is 0 Å². The summed E-state index contributed by atoms with van der Waals surface area (Å²) >= 11 is 0. The van der Waals surface area contributed by atoms with Gasteiger partial charge in [-0.2, -0.15) is 0 Å². The molecule has 1 atom stereocenters. The Kier molecular flexibility index (Phi) is 5.46. The minimum absolute atomic E-state index is 0.188. The van der Waals surface area contributed by atoms with Gasteiger partial charge < -0.3 is 5.11 Å². The summed E-state index contributed by atoms with van der Waals surface area (Å²) in [6, 6.07) is 14.2. The number of para-hydroxylation sites is 1. The van der Waals surface area contributed by atoms with Crippen LogP contribution in [-0.2, 0) is 0 Å². The van der Waals surface area contributed by atoms with E-state index >= 15 is 0 Å². The lowest BCUT2D eigenvalue weighted by atomic mass is 10.0. The van der Waals surface area contributed by atoms with E-state index in [2.05, 4.69) is 0 Å². The second-order valence-corrected chi connectivity index (χ2v) is 8.16. The maximum Gasteiger partial charge on any atom is 0.408 e. The van der Waals surface area contributed by atoms with Gasteiger partial charge in [-0.05, 0) is 57.9 Å². The van der Waals surface area contributed by atoms with Crippen LogP contribution < -0.4 is 5.56 Å². The molecule has 6 heteroatoms. The van der Waals surface area contributed by atoms with Crippen LogP contribution in [0.4, 0.5) is 4.79 Å². The molecule has 0 saturated carbocycles. The van der Waals surface area contributed by atoms with Gasteiger partial charge in [0, 0.05) is 5.54 Å². The molecule has 0 radical (unpaired) electrons. The molecule has 3 aromatic rings. The van der Waals surface area contributed by atoms with Crippen molar-refractivity contribution in [3.05, 3.63) is 70.3 Å². The summed E-state index contributed by atoms with van der Waals surface area (Å²) in [5.41, 5.74) is 1.24. The molecule has 1 N–H and O–H groups in total. The van der Waals surface area contributed by atoms with E-state index in [1.165, 1.54) is 4.90 Å². The minimum atomic E-state index is -1.04. The van der Waals surface area contributed by atoms with Crippen LogP contribution in [0.3, 0.4) is 0 Å². The molecule has 0 saturated heterocycles. The van der Waals surface area contributed by atoms with E-state index in [9.17, 15) is 14.7 Å². The van der Waals surface area contributed by atoms with E-state index in [-0.39, 0.29) is 5.56 Å². The number of nitrogens with zero attached hydrogens (tertiary/aromatic N) is 3. The van der Waals surface area contributed by atoms with E-state index in [1.54, 1.807) is 10.6 Å². The molecule has 152 valence electrons. The molecular formula is C23H27N3O3. The molecule has 0 spiro atoms. The summed E-state index contributed by atoms with van der Waals surface area (Å²) in [5.74, 6) is 0.430. The maximum atomic E-state index is 13.6. The number of aryl methyl sites for hydroxylation is 1. The number of hydrogen-bond donors (Lipinski definition) is 1. The van der Waals surface area contributed by atoms with Crippen molar-refractivity contribution in [1.29, 1.82) is 0 Å². The van der Waals surface area contributed by atoms with Crippen molar-refractivity contribution < 1.29 is 9.90 Å². The Morgan fingerprint density at radius 1 is 1.14 bits per heavy atom. The molecule has 0 aliphatic rings. The Hall–Kier alpha value is -3.15. The van der Waals surface area contributed by atoms with Gasteiger partial charge in [-0.3, -0.25) is 14.3 Å². The van der Waals surface area contributed by atoms with E-state index in [4.69, 9.17) is 4.98 Å². The standard InChI is InChI=1S/C23H27N3O3/c1-6-18(26(22(28)29)23(3,4)5)20-24-17-14-10-11-15(2)19(17)21(27)25(20)16-12-8-7-9-13-16/h7-14,18H,6H2,1-5H3,(H,28,29)/t18-/m0/s1. The van der Waals surface area contributed by atoms with Crippen LogP contribution in [0.15, 0.2) is 53.3 Å². The minimum Gasteiger partial charge on any atom is -0.465 e. The Morgan fingerprint density at radius 2 is 1.79 bits per heavy atom. The number of rotatable bonds is 4. The number of hydrogen-bond acceptors (Lipinski definition) is 3. The highest BCUT2D eigenvalue weighted by atomic mass is 16.4. The van der Waals surface area contributed by atoms with E-state index in [0.717, 1.165) is 5.56 Å². The van der Waals surface area contributed by atoms with E-state index < -0.39 is 17.7 Å². The summed E-state index contributed by atoms with van der Waals surface area (Å²) in [6.07, 6.45) is -0.553. The molecule has 6 nitrogen and oxygen atoms in total. The highest BCUT2D eigenvalue weighted by Crippen LogP contribution is 2.31. The first kappa shape index (κ1) is 20.6. The number of benzene rings is 2. The van der Waals surface area contributed by atoms with Gasteiger partial charge in [-0.1, -0.05) is 37.3 Å². The fourth-order valence-corrected chi connectivity index (χ4v) is 3.83. The molecule has 1 amide bonds. The van der Waals surface area contributed by atoms with E-state index in [0.29, 0.717) is 28.8 Å². The third-order valence-corrected chi connectivity index (χ3v) is 5.07. The van der Waals surface area contributed by atoms with Crippen LogP contribution in [-0.4, -0.2) is 31.2 Å². The van der Waals surface area contributed by atoms with Crippen molar-refractivity contribution in [1.82, 2.24) is 14.5 Å². The monoisotopic (exact) mass is 393 g/mol. The largest absolute Gasteiger partial charge is 0.465 e. The predicted molar refractivity (Wildman–Crippen MR) is 115 cm³/mol. The first-order valence-electron chi connectivity index (χ1n) is 9.76. The first-order chi connectivity index (χ1) is 13.7. The quantitative estimate of drug-likeness (QED) is 0.682. The summed E-state index contributed by atoms with van der Waals surface area (Å²) in [6.45, 7) is 9.34. The Morgan fingerprint density at radius 3 is 2.34 bits per heavy atom. The molecule has 0 aliphatic heterocycles. The highest BCUT2D eigenvalue weighted by Gasteiger charge is 2.36. The zero-order valence-electron chi connectivity index (χ0n) is 17.5. The lowest BCUT2D eigenvalue weighted by molar-refractivity contribution is 0.0646. The zero-order chi connectivity index (χ0) is 21.3. The van der Waals surface area contributed by atoms with Crippen LogP contribution in [0.5, 0.6) is 0 Å². The molecule has 0 fully saturated rings. The van der Waals surface area contributed by atoms with Gasteiger partial charge >= 0.3 is 6.09 Å². The second kappa shape index (κ2) is 7.70. The van der Waals surface area contributed by atoms with Crippen molar-refractivity contribution >= 4 is 17.0 Å². The lowest BCUT2D eigenvalue weighted by Crippen LogP contribution is -2.48. The van der Waals surface area contributed by atoms with Crippen LogP contribution >= 0.6 is 0 Å². The number of carboxylic acid groups (broad SMARTS) is 1. The molecule has 0 unspecified atom stereocenters. The molecule has 0 aliphatic carbocycles. The van der Waals surface area contributed by atoms with Gasteiger partial charge in [-0.15, -0.1) is 0 Å². The molecule has 0 bridgehead atoms. The van der Waals surface area contributed by atoms with Crippen molar-refractivity contribution in [2.45, 2.75) is 52.6 Å². The highest BCUT2D eigenvalue weighted by molar-refractivity contribution is 5.81. The van der Waals surface area contributed by atoms with Gasteiger partial charge in [0.1, 0.15) is 5.82 Å². The van der Waals surface area contributed by atoms with Gasteiger partial charge in [0.15, 0.2) is 0 Å². The summed E-state index contributed by atoms with van der Waals surface area (Å²) in [7, 11) is 0. The number of fused-ring (bicyclic) bond motifs is 1. The molecular weight excluding hydrogens is 366 g/mol. The molecule has 3 rings (SSSR count). The number of aromatic nitrogens is 2. The van der Waals surface area contributed by atoms with Gasteiger partial charge in [0.05, 0.1) is 22.6 Å². The maximum absolute atomic E-state index is 13.6. The Balaban J connectivity index is 2.42. The fraction of sp³-hybridized carbons (Fsp3) is 0.348. The SMILES string of the molecule is CC[C@@H](c1nc2cccc(C)c2c(=O)n1-c1ccccc1)N(C(=O)O)C(C)(C)C. The van der Waals surface area contributed by atoms with Gasteiger partial charge in [0.25, 0.3) is 5.56 Å². The Bertz CT molecular complexity index is 1100. The zero-order valence-corrected chi connectivity index (χ0v) is 17.5. The molecule has 1 heterocycles. The van der Waals surface area contributed by atoms with Gasteiger partial charge in [-0.25, -0.2) is 9.78 Å². The van der Waals surface area contributed by atoms with Crippen molar-refractivity contribution in [2.75, 3.05) is 0 Å². The Labute approximate surface area is 170 Å².